The van der Waals surface area contributed by atoms with Gasteiger partial charge in [0.05, 0.1) is 6.54 Å². The van der Waals surface area contributed by atoms with Gasteiger partial charge in [0.25, 0.3) is 0 Å². The van der Waals surface area contributed by atoms with E-state index in [-0.39, 0.29) is 12.1 Å². The first-order valence-electron chi connectivity index (χ1n) is 5.08. The van der Waals surface area contributed by atoms with Gasteiger partial charge in [0, 0.05) is 25.5 Å². The predicted molar refractivity (Wildman–Crippen MR) is 62.7 cm³/mol. The first kappa shape index (κ1) is 12.7. The van der Waals surface area contributed by atoms with Crippen LogP contribution in [0.3, 0.4) is 0 Å². The van der Waals surface area contributed by atoms with Crippen molar-refractivity contribution in [3.63, 3.8) is 0 Å². The molecule has 0 saturated carbocycles. The monoisotopic (exact) mass is 223 g/mol. The third-order valence-electron chi connectivity index (χ3n) is 2.29. The van der Waals surface area contributed by atoms with Crippen molar-refractivity contribution >= 4 is 11.5 Å². The fourth-order valence-electron chi connectivity index (χ4n) is 1.29. The summed E-state index contributed by atoms with van der Waals surface area (Å²) in [6, 6.07) is 7.30. The minimum absolute atomic E-state index is 0.0678. The highest BCUT2D eigenvalue weighted by Gasteiger charge is 2.04. The second-order valence-corrected chi connectivity index (χ2v) is 3.42. The molecule has 0 unspecified atom stereocenters. The molecule has 0 saturated heterocycles. The summed E-state index contributed by atoms with van der Waals surface area (Å²) in [5.74, 6) is 0.0678. The van der Waals surface area contributed by atoms with Gasteiger partial charge in [0.1, 0.15) is 0 Å². The highest BCUT2D eigenvalue weighted by atomic mass is 16.7. The number of hydrogen-bond acceptors (Lipinski definition) is 4. The van der Waals surface area contributed by atoms with E-state index in [4.69, 9.17) is 9.47 Å². The highest BCUT2D eigenvalue weighted by molar-refractivity contribution is 5.94. The minimum atomic E-state index is -0.271. The molecule has 1 N–H and O–H groups in total. The molecule has 4 heteroatoms. The molecule has 0 aromatic heterocycles. The molecule has 1 aromatic rings. The van der Waals surface area contributed by atoms with Crippen LogP contribution in [0.2, 0.25) is 0 Å². The molecule has 1 rings (SSSR count). The SMILES string of the molecule is COC(CNc1ccc(C(C)=O)cc1)OC. The summed E-state index contributed by atoms with van der Waals surface area (Å²) in [5.41, 5.74) is 1.64. The average Bonchev–Trinajstić information content (AvgIpc) is 2.31. The molecule has 0 heterocycles. The third-order valence-corrected chi connectivity index (χ3v) is 2.29. The van der Waals surface area contributed by atoms with Crippen molar-refractivity contribution in [3.05, 3.63) is 29.8 Å². The second kappa shape index (κ2) is 6.25. The third kappa shape index (κ3) is 3.64. The molecule has 0 bridgehead atoms. The topological polar surface area (TPSA) is 47.6 Å². The summed E-state index contributed by atoms with van der Waals surface area (Å²) in [4.78, 5) is 11.1. The number of benzene rings is 1. The molecule has 0 spiro atoms. The van der Waals surface area contributed by atoms with Crippen LogP contribution in [0.1, 0.15) is 17.3 Å². The van der Waals surface area contributed by atoms with Gasteiger partial charge >= 0.3 is 0 Å². The normalized spacial score (nSPS) is 10.5. The molecule has 88 valence electrons. The molecule has 4 nitrogen and oxygen atoms in total. The summed E-state index contributed by atoms with van der Waals surface area (Å²) in [7, 11) is 3.18. The summed E-state index contributed by atoms with van der Waals surface area (Å²) in [6.07, 6.45) is -0.271. The number of hydrogen-bond donors (Lipinski definition) is 1. The fraction of sp³-hybridized carbons (Fsp3) is 0.417. The van der Waals surface area contributed by atoms with Crippen molar-refractivity contribution in [1.29, 1.82) is 0 Å². The van der Waals surface area contributed by atoms with Gasteiger partial charge in [-0.15, -0.1) is 0 Å². The van der Waals surface area contributed by atoms with Crippen LogP contribution in [0.25, 0.3) is 0 Å². The predicted octanol–water partition coefficient (Wildman–Crippen LogP) is 1.92. The van der Waals surface area contributed by atoms with E-state index in [1.165, 1.54) is 0 Å². The minimum Gasteiger partial charge on any atom is -0.380 e. The van der Waals surface area contributed by atoms with E-state index in [9.17, 15) is 4.79 Å². The maximum atomic E-state index is 11.1. The van der Waals surface area contributed by atoms with Crippen LogP contribution in [0, 0.1) is 0 Å². The van der Waals surface area contributed by atoms with E-state index in [2.05, 4.69) is 5.32 Å². The summed E-state index contributed by atoms with van der Waals surface area (Å²) >= 11 is 0. The van der Waals surface area contributed by atoms with Crippen LogP contribution in [-0.2, 0) is 9.47 Å². The van der Waals surface area contributed by atoms with Crippen molar-refractivity contribution in [1.82, 2.24) is 0 Å². The summed E-state index contributed by atoms with van der Waals surface area (Å²) in [5, 5.41) is 3.15. The molecule has 0 radical (unpaired) electrons. The maximum Gasteiger partial charge on any atom is 0.173 e. The maximum absolute atomic E-state index is 11.1. The molecule has 0 atom stereocenters. The number of ether oxygens (including phenoxy) is 2. The van der Waals surface area contributed by atoms with E-state index in [0.717, 1.165) is 5.69 Å². The Hall–Kier alpha value is -1.39. The Morgan fingerprint density at radius 3 is 2.25 bits per heavy atom. The van der Waals surface area contributed by atoms with E-state index >= 15 is 0 Å². The van der Waals surface area contributed by atoms with E-state index in [0.29, 0.717) is 12.1 Å². The number of ketones is 1. The lowest BCUT2D eigenvalue weighted by atomic mass is 10.1. The molecular formula is C12H17NO3. The van der Waals surface area contributed by atoms with Crippen LogP contribution in [0.5, 0.6) is 0 Å². The smallest absolute Gasteiger partial charge is 0.173 e. The molecule has 0 amide bonds. The van der Waals surface area contributed by atoms with Crippen LogP contribution >= 0.6 is 0 Å². The van der Waals surface area contributed by atoms with Crippen LogP contribution < -0.4 is 5.32 Å². The van der Waals surface area contributed by atoms with Crippen molar-refractivity contribution < 1.29 is 14.3 Å². The van der Waals surface area contributed by atoms with Gasteiger partial charge in [0.15, 0.2) is 12.1 Å². The Balaban J connectivity index is 2.52. The van der Waals surface area contributed by atoms with Gasteiger partial charge in [-0.3, -0.25) is 4.79 Å². The Labute approximate surface area is 95.6 Å². The van der Waals surface area contributed by atoms with Gasteiger partial charge < -0.3 is 14.8 Å². The van der Waals surface area contributed by atoms with Gasteiger partial charge in [-0.25, -0.2) is 0 Å². The number of methoxy groups -OCH3 is 2. The number of nitrogens with one attached hydrogen (secondary N) is 1. The number of carbonyl (C=O) groups excluding carboxylic acids is 1. The summed E-state index contributed by atoms with van der Waals surface area (Å²) < 4.78 is 10.1. The summed E-state index contributed by atoms with van der Waals surface area (Å²) in [6.45, 7) is 2.11. The van der Waals surface area contributed by atoms with E-state index < -0.39 is 0 Å². The van der Waals surface area contributed by atoms with Crippen molar-refractivity contribution in [2.45, 2.75) is 13.2 Å². The zero-order valence-corrected chi connectivity index (χ0v) is 9.82. The van der Waals surface area contributed by atoms with Crippen LogP contribution in [0.4, 0.5) is 5.69 Å². The Morgan fingerprint density at radius 2 is 1.81 bits per heavy atom. The lowest BCUT2D eigenvalue weighted by Crippen LogP contribution is -2.23. The Bertz CT molecular complexity index is 331. The average molecular weight is 223 g/mol. The standard InChI is InChI=1S/C12H17NO3/c1-9(14)10-4-6-11(7-5-10)13-8-12(15-2)16-3/h4-7,12-13H,8H2,1-3H3. The first-order chi connectivity index (χ1) is 7.67. The molecule has 16 heavy (non-hydrogen) atoms. The molecule has 0 aliphatic carbocycles. The lowest BCUT2D eigenvalue weighted by Gasteiger charge is -2.14. The lowest BCUT2D eigenvalue weighted by molar-refractivity contribution is -0.0914. The van der Waals surface area contributed by atoms with Crippen molar-refractivity contribution in [2.24, 2.45) is 0 Å². The molecule has 1 aromatic carbocycles. The van der Waals surface area contributed by atoms with Gasteiger partial charge in [-0.05, 0) is 31.2 Å². The van der Waals surface area contributed by atoms with E-state index in [1.54, 1.807) is 33.3 Å². The number of Topliss-reactive ketones (excluding diaryl/α,β-unsaturated/α-hetero) is 1. The zero-order chi connectivity index (χ0) is 12.0. The second-order valence-electron chi connectivity index (χ2n) is 3.42. The number of rotatable bonds is 6. The van der Waals surface area contributed by atoms with Gasteiger partial charge in [-0.1, -0.05) is 0 Å². The largest absolute Gasteiger partial charge is 0.380 e. The van der Waals surface area contributed by atoms with Crippen LogP contribution in [0.15, 0.2) is 24.3 Å². The molecule has 0 fully saturated rings. The van der Waals surface area contributed by atoms with Crippen molar-refractivity contribution in [3.8, 4) is 0 Å². The Morgan fingerprint density at radius 1 is 1.25 bits per heavy atom. The zero-order valence-electron chi connectivity index (χ0n) is 9.82. The fourth-order valence-corrected chi connectivity index (χ4v) is 1.29. The Kier molecular flexibility index (Phi) is 4.95. The molecule has 0 aliphatic heterocycles. The van der Waals surface area contributed by atoms with Gasteiger partial charge in [0.2, 0.25) is 0 Å². The highest BCUT2D eigenvalue weighted by Crippen LogP contribution is 2.10. The molecular weight excluding hydrogens is 206 g/mol. The van der Waals surface area contributed by atoms with Gasteiger partial charge in [-0.2, -0.15) is 0 Å². The first-order valence-corrected chi connectivity index (χ1v) is 5.08. The molecule has 0 aliphatic rings. The quantitative estimate of drug-likeness (QED) is 0.591. The number of carbonyl (C=O) groups is 1. The van der Waals surface area contributed by atoms with Crippen LogP contribution in [-0.4, -0.2) is 32.8 Å². The van der Waals surface area contributed by atoms with Crippen molar-refractivity contribution in [2.75, 3.05) is 26.1 Å². The van der Waals surface area contributed by atoms with E-state index in [1.807, 2.05) is 12.1 Å². The number of anilines is 1.